The summed E-state index contributed by atoms with van der Waals surface area (Å²) in [6, 6.07) is 15.8. The summed E-state index contributed by atoms with van der Waals surface area (Å²) < 4.78 is 0. The van der Waals surface area contributed by atoms with Gasteiger partial charge in [0.05, 0.1) is 16.5 Å². The minimum Gasteiger partial charge on any atom is -0.503 e. The van der Waals surface area contributed by atoms with Gasteiger partial charge in [0, 0.05) is 10.7 Å². The number of aryl methyl sites for hydroxylation is 1. The quantitative estimate of drug-likeness (QED) is 0.431. The number of aliphatic hydroxyl groups is 1. The van der Waals surface area contributed by atoms with E-state index < -0.39 is 17.7 Å². The predicted molar refractivity (Wildman–Crippen MR) is 130 cm³/mol. The second-order valence-corrected chi connectivity index (χ2v) is 10.3. The maximum Gasteiger partial charge on any atom is 0.294 e. The summed E-state index contributed by atoms with van der Waals surface area (Å²) in [5, 5.41) is 13.1. The Balaban J connectivity index is 1.90. The first-order chi connectivity index (χ1) is 15.1. The Hall–Kier alpha value is -2.89. The second kappa shape index (κ2) is 8.23. The van der Waals surface area contributed by atoms with Gasteiger partial charge >= 0.3 is 0 Å². The molecule has 4 rings (SSSR count). The topological polar surface area (TPSA) is 57.6 Å². The number of halogens is 1. The molecule has 0 aliphatic carbocycles. The van der Waals surface area contributed by atoms with Gasteiger partial charge in [0.2, 0.25) is 5.78 Å². The SMILES string of the molecule is Cc1ccc(Cl)cc1N1C(=O)C(O)=C(C(=O)c2cccs2)C1c1ccc(C(C)(C)C)cc1. The van der Waals surface area contributed by atoms with Gasteiger partial charge in [-0.1, -0.05) is 68.8 Å². The normalized spacial score (nSPS) is 16.7. The van der Waals surface area contributed by atoms with E-state index in [1.165, 1.54) is 16.2 Å². The molecule has 0 fully saturated rings. The van der Waals surface area contributed by atoms with Gasteiger partial charge in [-0.3, -0.25) is 14.5 Å². The summed E-state index contributed by atoms with van der Waals surface area (Å²) in [5.41, 5.74) is 3.30. The third kappa shape index (κ3) is 3.87. The number of nitrogens with zero attached hydrogens (tertiary/aromatic N) is 1. The van der Waals surface area contributed by atoms with Crippen molar-refractivity contribution in [3.05, 3.63) is 97.9 Å². The fraction of sp³-hybridized carbons (Fsp3) is 0.231. The van der Waals surface area contributed by atoms with Crippen molar-refractivity contribution in [1.82, 2.24) is 0 Å². The van der Waals surface area contributed by atoms with Crippen molar-refractivity contribution in [2.75, 3.05) is 4.90 Å². The third-order valence-electron chi connectivity index (χ3n) is 5.72. The Morgan fingerprint density at radius 2 is 1.78 bits per heavy atom. The number of thiophene rings is 1. The van der Waals surface area contributed by atoms with Crippen molar-refractivity contribution >= 4 is 40.3 Å². The van der Waals surface area contributed by atoms with E-state index in [0.717, 1.165) is 16.7 Å². The van der Waals surface area contributed by atoms with E-state index in [-0.39, 0.29) is 16.8 Å². The molecule has 0 spiro atoms. The Labute approximate surface area is 196 Å². The molecule has 164 valence electrons. The summed E-state index contributed by atoms with van der Waals surface area (Å²) in [6.45, 7) is 8.25. The van der Waals surface area contributed by atoms with Crippen LogP contribution in [0, 0.1) is 6.92 Å². The van der Waals surface area contributed by atoms with Crippen molar-refractivity contribution in [2.24, 2.45) is 0 Å². The molecule has 0 saturated carbocycles. The number of anilines is 1. The Morgan fingerprint density at radius 3 is 2.38 bits per heavy atom. The zero-order chi connectivity index (χ0) is 23.2. The molecule has 3 aromatic rings. The van der Waals surface area contributed by atoms with Crippen molar-refractivity contribution in [1.29, 1.82) is 0 Å². The van der Waals surface area contributed by atoms with Crippen LogP contribution >= 0.6 is 22.9 Å². The van der Waals surface area contributed by atoms with E-state index in [0.29, 0.717) is 15.6 Å². The van der Waals surface area contributed by atoms with Gasteiger partial charge in [-0.25, -0.2) is 0 Å². The van der Waals surface area contributed by atoms with Gasteiger partial charge in [-0.15, -0.1) is 11.3 Å². The Bertz CT molecular complexity index is 1220. The van der Waals surface area contributed by atoms with Gasteiger partial charge in [0.15, 0.2) is 5.76 Å². The van der Waals surface area contributed by atoms with Crippen LogP contribution in [0.1, 0.15) is 53.2 Å². The van der Waals surface area contributed by atoms with Crippen LogP contribution in [-0.2, 0) is 10.2 Å². The van der Waals surface area contributed by atoms with Crippen molar-refractivity contribution < 1.29 is 14.7 Å². The van der Waals surface area contributed by atoms with Gasteiger partial charge in [-0.2, -0.15) is 0 Å². The molecule has 1 atom stereocenters. The molecule has 1 amide bonds. The minimum absolute atomic E-state index is 0.0408. The van der Waals surface area contributed by atoms with E-state index in [2.05, 4.69) is 20.8 Å². The van der Waals surface area contributed by atoms with Crippen LogP contribution in [0.15, 0.2) is 71.3 Å². The molecule has 1 aliphatic rings. The van der Waals surface area contributed by atoms with Crippen LogP contribution in [0.5, 0.6) is 0 Å². The van der Waals surface area contributed by atoms with E-state index in [1.807, 2.05) is 37.3 Å². The van der Waals surface area contributed by atoms with Gasteiger partial charge in [0.1, 0.15) is 0 Å². The fourth-order valence-electron chi connectivity index (χ4n) is 3.95. The minimum atomic E-state index is -0.761. The first-order valence-electron chi connectivity index (χ1n) is 10.3. The molecule has 2 aromatic carbocycles. The maximum absolute atomic E-state index is 13.4. The van der Waals surface area contributed by atoms with Crippen LogP contribution in [-0.4, -0.2) is 16.8 Å². The molecule has 6 heteroatoms. The van der Waals surface area contributed by atoms with Crippen molar-refractivity contribution in [3.8, 4) is 0 Å². The number of ketones is 1. The zero-order valence-electron chi connectivity index (χ0n) is 18.3. The average Bonchev–Trinajstić information content (AvgIpc) is 3.37. The Kier molecular flexibility index (Phi) is 5.74. The molecule has 1 aliphatic heterocycles. The summed E-state index contributed by atoms with van der Waals surface area (Å²) >= 11 is 7.53. The lowest BCUT2D eigenvalue weighted by Gasteiger charge is -2.29. The standard InChI is InChI=1S/C26H24ClNO3S/c1-15-7-12-18(27)14-19(15)28-22(16-8-10-17(11-9-16)26(2,3)4)21(24(30)25(28)31)23(29)20-6-5-13-32-20/h5-14,22,30H,1-4H3. The molecule has 1 aromatic heterocycles. The van der Waals surface area contributed by atoms with Gasteiger partial charge < -0.3 is 5.11 Å². The highest BCUT2D eigenvalue weighted by Crippen LogP contribution is 2.44. The van der Waals surface area contributed by atoms with E-state index in [9.17, 15) is 14.7 Å². The lowest BCUT2D eigenvalue weighted by atomic mass is 9.85. The molecule has 4 nitrogen and oxygen atoms in total. The van der Waals surface area contributed by atoms with Gasteiger partial charge in [-0.05, 0) is 52.6 Å². The Morgan fingerprint density at radius 1 is 1.09 bits per heavy atom. The summed E-state index contributed by atoms with van der Waals surface area (Å²) in [7, 11) is 0. The molecule has 2 heterocycles. The number of hydrogen-bond acceptors (Lipinski definition) is 4. The smallest absolute Gasteiger partial charge is 0.294 e. The van der Waals surface area contributed by atoms with Crippen LogP contribution in [0.25, 0.3) is 0 Å². The first-order valence-corrected chi connectivity index (χ1v) is 11.6. The first kappa shape index (κ1) is 22.3. The lowest BCUT2D eigenvalue weighted by Crippen LogP contribution is -2.31. The van der Waals surface area contributed by atoms with Crippen LogP contribution in [0.2, 0.25) is 5.02 Å². The number of carbonyl (C=O) groups excluding carboxylic acids is 2. The molecule has 32 heavy (non-hydrogen) atoms. The van der Waals surface area contributed by atoms with Crippen LogP contribution in [0.4, 0.5) is 5.69 Å². The van der Waals surface area contributed by atoms with Gasteiger partial charge in [0.25, 0.3) is 5.91 Å². The highest BCUT2D eigenvalue weighted by atomic mass is 35.5. The number of amides is 1. The number of hydrogen-bond donors (Lipinski definition) is 1. The van der Waals surface area contributed by atoms with Crippen molar-refractivity contribution in [2.45, 2.75) is 39.2 Å². The molecule has 0 radical (unpaired) electrons. The second-order valence-electron chi connectivity index (χ2n) is 8.95. The highest BCUT2D eigenvalue weighted by molar-refractivity contribution is 7.12. The predicted octanol–water partition coefficient (Wildman–Crippen LogP) is 6.79. The fourth-order valence-corrected chi connectivity index (χ4v) is 4.79. The van der Waals surface area contributed by atoms with E-state index in [4.69, 9.17) is 11.6 Å². The monoisotopic (exact) mass is 465 g/mol. The molecular formula is C26H24ClNO3S. The van der Waals surface area contributed by atoms with Crippen LogP contribution in [0.3, 0.4) is 0 Å². The highest BCUT2D eigenvalue weighted by Gasteiger charge is 2.45. The number of carbonyl (C=O) groups is 2. The number of rotatable bonds is 4. The zero-order valence-corrected chi connectivity index (χ0v) is 19.9. The summed E-state index contributed by atoms with van der Waals surface area (Å²) in [6.07, 6.45) is 0. The maximum atomic E-state index is 13.4. The largest absolute Gasteiger partial charge is 0.503 e. The lowest BCUT2D eigenvalue weighted by molar-refractivity contribution is -0.117. The molecule has 0 bridgehead atoms. The van der Waals surface area contributed by atoms with Crippen molar-refractivity contribution in [3.63, 3.8) is 0 Å². The van der Waals surface area contributed by atoms with E-state index >= 15 is 0 Å². The van der Waals surface area contributed by atoms with Crippen LogP contribution < -0.4 is 4.90 Å². The molecular weight excluding hydrogens is 442 g/mol. The summed E-state index contributed by atoms with van der Waals surface area (Å²) in [5.74, 6) is -1.48. The molecule has 1 unspecified atom stereocenters. The average molecular weight is 466 g/mol. The van der Waals surface area contributed by atoms with E-state index in [1.54, 1.807) is 29.6 Å². The number of aliphatic hydroxyl groups excluding tert-OH is 1. The molecule has 0 saturated heterocycles. The third-order valence-corrected chi connectivity index (χ3v) is 6.82. The number of benzene rings is 2. The molecule has 1 N–H and O–H groups in total. The number of Topliss-reactive ketones (excluding diaryl/α,β-unsaturated/α-hetero) is 1. The summed E-state index contributed by atoms with van der Waals surface area (Å²) in [4.78, 5) is 28.6.